The Morgan fingerprint density at radius 3 is 1.12 bits per heavy atom. The monoisotopic (exact) mass is 847 g/mol. The van der Waals surface area contributed by atoms with Crippen LogP contribution >= 0.6 is 7.82 Å². The van der Waals surface area contributed by atoms with Crippen LogP contribution in [0.4, 0.5) is 0 Å². The summed E-state index contributed by atoms with van der Waals surface area (Å²) in [6.45, 7) is 21.5. The van der Waals surface area contributed by atoms with E-state index in [0.717, 1.165) is 62.2 Å². The Labute approximate surface area is 358 Å². The largest absolute Gasteiger partial charge is 0.473 e. The van der Waals surface area contributed by atoms with Crippen LogP contribution in [0.25, 0.3) is 0 Å². The zero-order valence-corrected chi connectivity index (χ0v) is 41.1. The Morgan fingerprint density at radius 1 is 0.552 bits per heavy atom. The number of carbonyl (C=O) groups excluding carboxylic acids is 2. The molecule has 0 radical (unpaired) electrons. The average molecular weight is 847 g/mol. The van der Waals surface area contributed by atoms with Crippen molar-refractivity contribution in [2.24, 2.45) is 47.3 Å². The molecular weight excluding hydrogens is 750 g/mol. The normalized spacial score (nSPS) is 18.3. The molecule has 0 rings (SSSR count). The van der Waals surface area contributed by atoms with Gasteiger partial charge in [0.15, 0.2) is 11.6 Å². The highest BCUT2D eigenvalue weighted by Gasteiger charge is 2.56. The molecule has 0 aliphatic carbocycles. The van der Waals surface area contributed by atoms with Crippen LogP contribution in [0.5, 0.6) is 0 Å². The number of phosphoric acid groups is 1. The van der Waals surface area contributed by atoms with Gasteiger partial charge in [-0.2, -0.15) is 0 Å². The molecule has 10 heteroatoms. The number of hydrogen-bond acceptors (Lipinski definition) is 7. The van der Waals surface area contributed by atoms with Crippen LogP contribution in [0.2, 0.25) is 0 Å². The van der Waals surface area contributed by atoms with E-state index in [0.29, 0.717) is 22.9 Å². The molecule has 3 N–H and O–H groups in total. The van der Waals surface area contributed by atoms with Crippen LogP contribution in [0.1, 0.15) is 198 Å². The van der Waals surface area contributed by atoms with Crippen molar-refractivity contribution in [1.82, 2.24) is 0 Å². The first-order valence-corrected chi connectivity index (χ1v) is 25.3. The second-order valence-electron chi connectivity index (χ2n) is 21.1. The molecule has 0 aromatic carbocycles. The van der Waals surface area contributed by atoms with Crippen LogP contribution in [0, 0.1) is 47.3 Å². The molecule has 7 unspecified atom stereocenters. The fourth-order valence-corrected chi connectivity index (χ4v) is 9.24. The maximum absolute atomic E-state index is 14.3. The third kappa shape index (κ3) is 27.3. The summed E-state index contributed by atoms with van der Waals surface area (Å²) >= 11 is 0. The number of aliphatic hydroxyl groups excluding tert-OH is 2. The van der Waals surface area contributed by atoms with Crippen molar-refractivity contribution in [3.8, 4) is 0 Å². The molecule has 0 aliphatic heterocycles. The number of ketones is 2. The van der Waals surface area contributed by atoms with Crippen molar-refractivity contribution >= 4 is 19.4 Å². The second kappa shape index (κ2) is 30.4. The van der Waals surface area contributed by atoms with Gasteiger partial charge < -0.3 is 19.6 Å². The zero-order chi connectivity index (χ0) is 44.5. The quantitative estimate of drug-likeness (QED) is 0.0318. The SMILES string of the molecule is CC(C)CCCC(C)CCCC(C)CCCC(C)CC(=O)C(OP(=O)(O)OCC[N+](C)(C)C)(C(=O)CC(C)CCCC(C)CCCC(C)CCCC(C)C)[C@@H](O)CO. The summed E-state index contributed by atoms with van der Waals surface area (Å²) in [5, 5.41) is 21.4. The molecule has 0 bridgehead atoms. The highest BCUT2D eigenvalue weighted by molar-refractivity contribution is 7.47. The first-order valence-electron chi connectivity index (χ1n) is 23.8. The van der Waals surface area contributed by atoms with Gasteiger partial charge in [0, 0.05) is 12.8 Å². The Kier molecular flexibility index (Phi) is 30.0. The van der Waals surface area contributed by atoms with Crippen LogP contribution in [0.15, 0.2) is 0 Å². The van der Waals surface area contributed by atoms with Crippen molar-refractivity contribution < 1.29 is 42.8 Å². The lowest BCUT2D eigenvalue weighted by molar-refractivity contribution is -0.870. The molecule has 0 aromatic rings. The molecule has 0 amide bonds. The number of carbonyl (C=O) groups is 2. The van der Waals surface area contributed by atoms with Gasteiger partial charge in [-0.3, -0.25) is 18.6 Å². The smallest absolute Gasteiger partial charge is 0.394 e. The van der Waals surface area contributed by atoms with Gasteiger partial charge in [0.1, 0.15) is 19.3 Å². The van der Waals surface area contributed by atoms with E-state index in [2.05, 4.69) is 55.4 Å². The van der Waals surface area contributed by atoms with Crippen molar-refractivity contribution in [3.05, 3.63) is 0 Å². The minimum absolute atomic E-state index is 0.133. The van der Waals surface area contributed by atoms with Crippen molar-refractivity contribution in [2.45, 2.75) is 209 Å². The van der Waals surface area contributed by atoms with Gasteiger partial charge in [-0.25, -0.2) is 4.57 Å². The maximum Gasteiger partial charge on any atom is 0.473 e. The van der Waals surface area contributed by atoms with Crippen molar-refractivity contribution in [3.63, 3.8) is 0 Å². The predicted molar refractivity (Wildman–Crippen MR) is 243 cm³/mol. The molecule has 0 aliphatic rings. The second-order valence-corrected chi connectivity index (χ2v) is 22.5. The molecular formula is C48H97NO8P+. The number of Topliss-reactive ketones (excluding diaryl/α,β-unsaturated/α-hetero) is 2. The van der Waals surface area contributed by atoms with E-state index in [-0.39, 0.29) is 31.3 Å². The number of nitrogens with zero attached hydrogens (tertiary/aromatic N) is 1. The predicted octanol–water partition coefficient (Wildman–Crippen LogP) is 12.0. The molecule has 0 heterocycles. The molecule has 9 nitrogen and oxygen atoms in total. The third-order valence-corrected chi connectivity index (χ3v) is 13.4. The van der Waals surface area contributed by atoms with E-state index in [1.54, 1.807) is 0 Å². The molecule has 0 aromatic heterocycles. The molecule has 0 fully saturated rings. The Morgan fingerprint density at radius 2 is 0.845 bits per heavy atom. The first-order chi connectivity index (χ1) is 26.9. The Balaban J connectivity index is 5.55. The van der Waals surface area contributed by atoms with Gasteiger partial charge in [0.05, 0.1) is 27.7 Å². The highest BCUT2D eigenvalue weighted by Crippen LogP contribution is 2.50. The minimum atomic E-state index is -5.01. The van der Waals surface area contributed by atoms with E-state index in [1.165, 1.54) is 77.0 Å². The number of phosphoric ester groups is 1. The van der Waals surface area contributed by atoms with Crippen LogP contribution in [0.3, 0.4) is 0 Å². The zero-order valence-electron chi connectivity index (χ0n) is 40.2. The molecule has 0 saturated heterocycles. The summed E-state index contributed by atoms with van der Waals surface area (Å²) in [5.74, 6) is 2.25. The van der Waals surface area contributed by atoms with Gasteiger partial charge >= 0.3 is 7.82 Å². The number of quaternary nitrogens is 1. The molecule has 346 valence electrons. The molecule has 0 spiro atoms. The number of likely N-dealkylation sites (N-methyl/N-ethyl adjacent to an activating group) is 1. The van der Waals surface area contributed by atoms with E-state index >= 15 is 0 Å². The number of hydrogen-bond donors (Lipinski definition) is 3. The van der Waals surface area contributed by atoms with Gasteiger partial charge in [-0.15, -0.1) is 0 Å². The van der Waals surface area contributed by atoms with Gasteiger partial charge in [-0.1, -0.05) is 185 Å². The Bertz CT molecular complexity index is 1070. The van der Waals surface area contributed by atoms with Gasteiger partial charge in [0.25, 0.3) is 0 Å². The topological polar surface area (TPSA) is 130 Å². The lowest BCUT2D eigenvalue weighted by Gasteiger charge is -2.36. The summed E-state index contributed by atoms with van der Waals surface area (Å²) in [4.78, 5) is 39.4. The van der Waals surface area contributed by atoms with Crippen molar-refractivity contribution in [2.75, 3.05) is 40.9 Å². The summed E-state index contributed by atoms with van der Waals surface area (Å²) < 4.78 is 24.7. The lowest BCUT2D eigenvalue weighted by Crippen LogP contribution is -2.59. The van der Waals surface area contributed by atoms with Gasteiger partial charge in [-0.05, 0) is 47.3 Å². The van der Waals surface area contributed by atoms with E-state index in [1.807, 2.05) is 35.0 Å². The minimum Gasteiger partial charge on any atom is -0.394 e. The van der Waals surface area contributed by atoms with Crippen molar-refractivity contribution in [1.29, 1.82) is 0 Å². The average Bonchev–Trinajstić information content (AvgIpc) is 3.09. The molecule has 0 saturated carbocycles. The van der Waals surface area contributed by atoms with E-state index in [4.69, 9.17) is 9.05 Å². The van der Waals surface area contributed by atoms with Gasteiger partial charge in [0.2, 0.25) is 5.60 Å². The van der Waals surface area contributed by atoms with E-state index in [9.17, 15) is 29.3 Å². The summed E-state index contributed by atoms with van der Waals surface area (Å²) in [6, 6.07) is 0. The Hall–Kier alpha value is -0.670. The molecule has 58 heavy (non-hydrogen) atoms. The fourth-order valence-electron chi connectivity index (χ4n) is 8.18. The summed E-state index contributed by atoms with van der Waals surface area (Å²) in [6.07, 6.45) is 18.1. The summed E-state index contributed by atoms with van der Waals surface area (Å²) in [7, 11) is 0.686. The highest BCUT2D eigenvalue weighted by atomic mass is 31.2. The molecule has 8 atom stereocenters. The number of aliphatic hydroxyl groups is 2. The van der Waals surface area contributed by atoms with E-state index < -0.39 is 37.7 Å². The first kappa shape index (κ1) is 57.3. The van der Waals surface area contributed by atoms with Crippen LogP contribution in [-0.2, 0) is 23.2 Å². The lowest BCUT2D eigenvalue weighted by atomic mass is 9.79. The maximum atomic E-state index is 14.3. The number of rotatable bonds is 38. The third-order valence-electron chi connectivity index (χ3n) is 12.3. The summed E-state index contributed by atoms with van der Waals surface area (Å²) in [5.41, 5.74) is -2.71. The standard InChI is InChI=1S/C48H96NO8P/c1-37(2)20-14-22-39(5)24-16-26-41(7)28-18-30-43(9)34-45(51)48(47(53)36-50,57-58(54,55)56-33-32-49(11,12)13)46(52)35-44(10)31-19-29-42(8)27-17-25-40(6)23-15-21-38(3)4/h37-44,47,50,53H,14-36H2,1-13H3/p+1/t39?,40?,41?,42?,43?,44?,47-,48?/m0/s1. The fraction of sp³-hybridized carbons (Fsp3) is 0.958. The van der Waals surface area contributed by atoms with Crippen LogP contribution in [-0.4, -0.2) is 83.8 Å². The van der Waals surface area contributed by atoms with Crippen LogP contribution < -0.4 is 0 Å².